The predicted molar refractivity (Wildman–Crippen MR) is 67.6 cm³/mol. The van der Waals surface area contributed by atoms with Crippen LogP contribution in [-0.2, 0) is 9.53 Å². The van der Waals surface area contributed by atoms with Crippen molar-refractivity contribution in [3.63, 3.8) is 0 Å². The van der Waals surface area contributed by atoms with Gasteiger partial charge in [0.15, 0.2) is 0 Å². The van der Waals surface area contributed by atoms with Crippen molar-refractivity contribution in [1.29, 1.82) is 0 Å². The molecule has 1 aliphatic carbocycles. The molecule has 1 fully saturated rings. The van der Waals surface area contributed by atoms with Crippen molar-refractivity contribution in [2.75, 3.05) is 19.1 Å². The Kier molecular flexibility index (Phi) is 6.16. The van der Waals surface area contributed by atoms with E-state index in [1.54, 1.807) is 18.9 Å². The van der Waals surface area contributed by atoms with Crippen molar-refractivity contribution in [2.45, 2.75) is 43.9 Å². The van der Waals surface area contributed by atoms with Gasteiger partial charge in [0.25, 0.3) is 0 Å². The molecule has 0 saturated heterocycles. The van der Waals surface area contributed by atoms with E-state index in [1.165, 1.54) is 0 Å². The van der Waals surface area contributed by atoms with E-state index >= 15 is 0 Å². The summed E-state index contributed by atoms with van der Waals surface area (Å²) in [5.41, 5.74) is 5.79. The fourth-order valence-corrected chi connectivity index (χ4v) is 2.46. The van der Waals surface area contributed by atoms with E-state index < -0.39 is 0 Å². The minimum Gasteiger partial charge on any atom is -0.381 e. The average Bonchev–Trinajstić information content (AvgIpc) is 2.73. The molecule has 0 aromatic carbocycles. The fraction of sp³-hybridized carbons (Fsp3) is 0.909. The predicted octanol–water partition coefficient (Wildman–Crippen LogP) is 0.751. The first-order valence-electron chi connectivity index (χ1n) is 5.75. The molecule has 5 heteroatoms. The third-order valence-electron chi connectivity index (χ3n) is 3.03. The van der Waals surface area contributed by atoms with Gasteiger partial charge in [-0.1, -0.05) is 0 Å². The largest absolute Gasteiger partial charge is 0.381 e. The molecule has 16 heavy (non-hydrogen) atoms. The van der Waals surface area contributed by atoms with Gasteiger partial charge in [-0.25, -0.2) is 0 Å². The SMILES string of the molecule is COC1CCC(NC(=O)[C@@H](N)CCSC)C1. The summed E-state index contributed by atoms with van der Waals surface area (Å²) in [7, 11) is 1.72. The molecule has 0 aromatic heterocycles. The molecule has 0 aromatic rings. The molecule has 94 valence electrons. The van der Waals surface area contributed by atoms with Crippen molar-refractivity contribution in [3.05, 3.63) is 0 Å². The number of carbonyl (C=O) groups excluding carboxylic acids is 1. The summed E-state index contributed by atoms with van der Waals surface area (Å²) in [6.07, 6.45) is 6.00. The molecule has 1 aliphatic rings. The molecule has 1 rings (SSSR count). The molecule has 1 saturated carbocycles. The van der Waals surface area contributed by atoms with Crippen LogP contribution in [0.25, 0.3) is 0 Å². The molecular formula is C11H22N2O2S. The molecule has 0 radical (unpaired) electrons. The maximum atomic E-state index is 11.7. The molecule has 4 nitrogen and oxygen atoms in total. The number of carbonyl (C=O) groups is 1. The van der Waals surface area contributed by atoms with E-state index in [1.807, 2.05) is 6.26 Å². The normalized spacial score (nSPS) is 26.7. The lowest BCUT2D eigenvalue weighted by Gasteiger charge is -2.16. The number of thioether (sulfide) groups is 1. The molecule has 0 spiro atoms. The highest BCUT2D eigenvalue weighted by Gasteiger charge is 2.26. The number of nitrogens with two attached hydrogens (primary N) is 1. The van der Waals surface area contributed by atoms with Crippen LogP contribution in [0.3, 0.4) is 0 Å². The van der Waals surface area contributed by atoms with Crippen LogP contribution in [0.5, 0.6) is 0 Å². The number of ether oxygens (including phenoxy) is 1. The van der Waals surface area contributed by atoms with Gasteiger partial charge in [0, 0.05) is 13.2 Å². The van der Waals surface area contributed by atoms with Crippen LogP contribution in [0.15, 0.2) is 0 Å². The minimum absolute atomic E-state index is 0.0178. The van der Waals surface area contributed by atoms with Gasteiger partial charge in [0.05, 0.1) is 12.1 Å². The smallest absolute Gasteiger partial charge is 0.237 e. The Morgan fingerprint density at radius 1 is 1.62 bits per heavy atom. The minimum atomic E-state index is -0.367. The number of nitrogens with one attached hydrogen (secondary N) is 1. The summed E-state index contributed by atoms with van der Waals surface area (Å²) in [5.74, 6) is 0.913. The Morgan fingerprint density at radius 3 is 2.94 bits per heavy atom. The molecule has 3 N–H and O–H groups in total. The Hall–Kier alpha value is -0.260. The van der Waals surface area contributed by atoms with Crippen LogP contribution < -0.4 is 11.1 Å². The fourth-order valence-electron chi connectivity index (χ4n) is 1.97. The third kappa shape index (κ3) is 4.31. The zero-order valence-electron chi connectivity index (χ0n) is 10.1. The van der Waals surface area contributed by atoms with Crippen molar-refractivity contribution in [1.82, 2.24) is 5.32 Å². The number of hydrogen-bond acceptors (Lipinski definition) is 4. The van der Waals surface area contributed by atoms with Crippen molar-refractivity contribution >= 4 is 17.7 Å². The lowest BCUT2D eigenvalue weighted by molar-refractivity contribution is -0.123. The second-order valence-electron chi connectivity index (χ2n) is 4.26. The van der Waals surface area contributed by atoms with E-state index in [2.05, 4.69) is 5.32 Å². The monoisotopic (exact) mass is 246 g/mol. The van der Waals surface area contributed by atoms with E-state index in [9.17, 15) is 4.79 Å². The Balaban J connectivity index is 2.23. The summed E-state index contributed by atoms with van der Waals surface area (Å²) in [6.45, 7) is 0. The van der Waals surface area contributed by atoms with E-state index in [0.29, 0.717) is 6.10 Å². The maximum Gasteiger partial charge on any atom is 0.237 e. The molecule has 1 amide bonds. The van der Waals surface area contributed by atoms with Gasteiger partial charge >= 0.3 is 0 Å². The maximum absolute atomic E-state index is 11.7. The second-order valence-corrected chi connectivity index (χ2v) is 5.25. The highest BCUT2D eigenvalue weighted by molar-refractivity contribution is 7.98. The quantitative estimate of drug-likeness (QED) is 0.726. The van der Waals surface area contributed by atoms with Gasteiger partial charge in [-0.2, -0.15) is 11.8 Å². The summed E-state index contributed by atoms with van der Waals surface area (Å²) in [4.78, 5) is 11.7. The lowest BCUT2D eigenvalue weighted by Crippen LogP contribution is -2.45. The molecule has 0 heterocycles. The highest BCUT2D eigenvalue weighted by Crippen LogP contribution is 2.21. The molecular weight excluding hydrogens is 224 g/mol. The Labute approximate surface area is 102 Å². The summed E-state index contributed by atoms with van der Waals surface area (Å²) >= 11 is 1.71. The number of amides is 1. The summed E-state index contributed by atoms with van der Waals surface area (Å²) < 4.78 is 5.26. The van der Waals surface area contributed by atoms with E-state index in [-0.39, 0.29) is 18.0 Å². The first-order chi connectivity index (χ1) is 7.67. The van der Waals surface area contributed by atoms with Crippen molar-refractivity contribution in [3.8, 4) is 0 Å². The lowest BCUT2D eigenvalue weighted by atomic mass is 10.2. The molecule has 0 bridgehead atoms. The van der Waals surface area contributed by atoms with Gasteiger partial charge in [0.1, 0.15) is 0 Å². The van der Waals surface area contributed by atoms with Crippen LogP contribution in [0.1, 0.15) is 25.7 Å². The van der Waals surface area contributed by atoms with Crippen LogP contribution >= 0.6 is 11.8 Å². The molecule has 2 unspecified atom stereocenters. The van der Waals surface area contributed by atoms with Crippen LogP contribution in [0.4, 0.5) is 0 Å². The topological polar surface area (TPSA) is 64.3 Å². The first kappa shape index (κ1) is 13.8. The summed E-state index contributed by atoms with van der Waals surface area (Å²) in [6, 6.07) is -0.119. The van der Waals surface area contributed by atoms with E-state index in [0.717, 1.165) is 31.4 Å². The van der Waals surface area contributed by atoms with Crippen LogP contribution in [0.2, 0.25) is 0 Å². The number of rotatable bonds is 6. The second kappa shape index (κ2) is 7.14. The van der Waals surface area contributed by atoms with Gasteiger partial charge in [-0.05, 0) is 37.7 Å². The van der Waals surface area contributed by atoms with Crippen LogP contribution in [-0.4, -0.2) is 43.2 Å². The van der Waals surface area contributed by atoms with Gasteiger partial charge < -0.3 is 15.8 Å². The molecule has 3 atom stereocenters. The first-order valence-corrected chi connectivity index (χ1v) is 7.14. The van der Waals surface area contributed by atoms with Crippen LogP contribution in [0, 0.1) is 0 Å². The highest BCUT2D eigenvalue weighted by atomic mass is 32.2. The molecule has 0 aliphatic heterocycles. The average molecular weight is 246 g/mol. The van der Waals surface area contributed by atoms with Gasteiger partial charge in [-0.3, -0.25) is 4.79 Å². The zero-order chi connectivity index (χ0) is 12.0. The van der Waals surface area contributed by atoms with Gasteiger partial charge in [-0.15, -0.1) is 0 Å². The number of hydrogen-bond donors (Lipinski definition) is 2. The Bertz CT molecular complexity index is 226. The van der Waals surface area contributed by atoms with E-state index in [4.69, 9.17) is 10.5 Å². The third-order valence-corrected chi connectivity index (χ3v) is 3.68. The van der Waals surface area contributed by atoms with Crippen molar-refractivity contribution in [2.24, 2.45) is 5.73 Å². The number of methoxy groups -OCH3 is 1. The zero-order valence-corrected chi connectivity index (χ0v) is 10.9. The standard InChI is InChI=1S/C11H22N2O2S/c1-15-9-4-3-8(7-9)13-11(14)10(12)5-6-16-2/h8-10H,3-7,12H2,1-2H3,(H,13,14)/t8?,9?,10-/m0/s1. The van der Waals surface area contributed by atoms with Gasteiger partial charge in [0.2, 0.25) is 5.91 Å². The Morgan fingerprint density at radius 2 is 2.38 bits per heavy atom. The summed E-state index contributed by atoms with van der Waals surface area (Å²) in [5, 5.41) is 3.00. The van der Waals surface area contributed by atoms with Crippen molar-refractivity contribution < 1.29 is 9.53 Å².